The van der Waals surface area contributed by atoms with Crippen LogP contribution >= 0.6 is 0 Å². The van der Waals surface area contributed by atoms with E-state index in [1.165, 1.54) is 32.1 Å². The van der Waals surface area contributed by atoms with Gasteiger partial charge in [-0.25, -0.2) is 4.79 Å². The summed E-state index contributed by atoms with van der Waals surface area (Å²) < 4.78 is 0. The van der Waals surface area contributed by atoms with Crippen LogP contribution in [0, 0.1) is 0 Å². The normalized spacial score (nSPS) is 19.5. The van der Waals surface area contributed by atoms with Crippen molar-refractivity contribution in [2.75, 3.05) is 6.54 Å². The van der Waals surface area contributed by atoms with Crippen LogP contribution in [-0.2, 0) is 9.59 Å². The predicted molar refractivity (Wildman–Crippen MR) is 70.4 cm³/mol. The minimum absolute atomic E-state index is 0.00776. The van der Waals surface area contributed by atoms with Gasteiger partial charge >= 0.3 is 5.97 Å². The van der Waals surface area contributed by atoms with Gasteiger partial charge in [-0.3, -0.25) is 4.79 Å². The van der Waals surface area contributed by atoms with Crippen LogP contribution in [-0.4, -0.2) is 34.5 Å². The Kier molecular flexibility index (Phi) is 6.76. The molecule has 0 aromatic heterocycles. The maximum Gasteiger partial charge on any atom is 0.326 e. The molecule has 1 unspecified atom stereocenters. The van der Waals surface area contributed by atoms with Gasteiger partial charge in [-0.2, -0.15) is 0 Å². The maximum atomic E-state index is 11.6. The lowest BCUT2D eigenvalue weighted by atomic mass is 10.1. The second-order valence-corrected chi connectivity index (χ2v) is 5.10. The van der Waals surface area contributed by atoms with Gasteiger partial charge in [0.1, 0.15) is 6.04 Å². The van der Waals surface area contributed by atoms with Gasteiger partial charge < -0.3 is 10.0 Å². The molecule has 0 aromatic rings. The van der Waals surface area contributed by atoms with Crippen molar-refractivity contribution in [2.45, 2.75) is 70.8 Å². The molecular formula is C14H25NO3. The number of rotatable bonds is 9. The molecule has 0 aromatic carbocycles. The van der Waals surface area contributed by atoms with Gasteiger partial charge in [0.15, 0.2) is 0 Å². The third-order valence-corrected chi connectivity index (χ3v) is 3.62. The molecule has 4 nitrogen and oxygen atoms in total. The highest BCUT2D eigenvalue weighted by atomic mass is 16.4. The molecule has 0 bridgehead atoms. The first-order valence-electron chi connectivity index (χ1n) is 7.19. The number of nitrogens with zero attached hydrogens (tertiary/aromatic N) is 1. The Labute approximate surface area is 109 Å². The molecule has 1 N–H and O–H groups in total. The molecule has 0 radical (unpaired) electrons. The van der Waals surface area contributed by atoms with E-state index in [0.717, 1.165) is 12.8 Å². The molecule has 0 aliphatic carbocycles. The third-order valence-electron chi connectivity index (χ3n) is 3.62. The maximum absolute atomic E-state index is 11.6. The molecular weight excluding hydrogens is 230 g/mol. The number of hydrogen-bond donors (Lipinski definition) is 1. The average molecular weight is 255 g/mol. The molecule has 1 atom stereocenters. The van der Waals surface area contributed by atoms with E-state index < -0.39 is 12.0 Å². The Morgan fingerprint density at radius 3 is 2.44 bits per heavy atom. The fraction of sp³-hybridized carbons (Fsp3) is 0.857. The van der Waals surface area contributed by atoms with Gasteiger partial charge in [0.2, 0.25) is 5.91 Å². The number of hydrogen-bond acceptors (Lipinski definition) is 2. The van der Waals surface area contributed by atoms with E-state index in [2.05, 4.69) is 6.92 Å². The first-order valence-corrected chi connectivity index (χ1v) is 7.19. The van der Waals surface area contributed by atoms with Crippen molar-refractivity contribution in [2.24, 2.45) is 0 Å². The lowest BCUT2D eigenvalue weighted by Crippen LogP contribution is -2.39. The Bertz CT molecular complexity index is 278. The molecule has 1 amide bonds. The third kappa shape index (κ3) is 4.67. The number of carboxylic acid groups (broad SMARTS) is 1. The number of carbonyl (C=O) groups is 2. The number of unbranched alkanes of at least 4 members (excludes halogenated alkanes) is 6. The Morgan fingerprint density at radius 2 is 1.83 bits per heavy atom. The lowest BCUT2D eigenvalue weighted by molar-refractivity contribution is -0.146. The average Bonchev–Trinajstić information content (AvgIpc) is 2.70. The fourth-order valence-electron chi connectivity index (χ4n) is 2.51. The van der Waals surface area contributed by atoms with Gasteiger partial charge in [0.05, 0.1) is 0 Å². The SMILES string of the molecule is CCCCCCCCCN1C(=O)CCC1C(=O)O. The molecule has 1 aliphatic rings. The standard InChI is InChI=1S/C14H25NO3/c1-2-3-4-5-6-7-8-11-15-12(14(17)18)9-10-13(15)16/h12H,2-11H2,1H3,(H,17,18). The fourth-order valence-corrected chi connectivity index (χ4v) is 2.51. The van der Waals surface area contributed by atoms with Crippen LogP contribution in [0.4, 0.5) is 0 Å². The summed E-state index contributed by atoms with van der Waals surface area (Å²) in [5.74, 6) is -0.850. The number of aliphatic carboxylic acids is 1. The zero-order valence-electron chi connectivity index (χ0n) is 11.4. The largest absolute Gasteiger partial charge is 0.480 e. The molecule has 1 rings (SSSR count). The highest BCUT2D eigenvalue weighted by molar-refractivity contribution is 5.87. The van der Waals surface area contributed by atoms with Crippen LogP contribution in [0.5, 0.6) is 0 Å². The second-order valence-electron chi connectivity index (χ2n) is 5.10. The molecule has 18 heavy (non-hydrogen) atoms. The zero-order valence-corrected chi connectivity index (χ0v) is 11.4. The van der Waals surface area contributed by atoms with Gasteiger partial charge in [-0.1, -0.05) is 45.4 Å². The van der Waals surface area contributed by atoms with E-state index in [1.807, 2.05) is 0 Å². The summed E-state index contributed by atoms with van der Waals surface area (Å²) in [4.78, 5) is 24.1. The Morgan fingerprint density at radius 1 is 1.22 bits per heavy atom. The molecule has 1 fully saturated rings. The van der Waals surface area contributed by atoms with E-state index in [4.69, 9.17) is 5.11 Å². The van der Waals surface area contributed by atoms with E-state index in [9.17, 15) is 9.59 Å². The summed E-state index contributed by atoms with van der Waals surface area (Å²) in [6.07, 6.45) is 9.19. The summed E-state index contributed by atoms with van der Waals surface area (Å²) in [7, 11) is 0. The molecule has 4 heteroatoms. The minimum Gasteiger partial charge on any atom is -0.480 e. The number of carboxylic acids is 1. The summed E-state index contributed by atoms with van der Waals surface area (Å²) in [5.41, 5.74) is 0. The van der Waals surface area contributed by atoms with E-state index in [1.54, 1.807) is 4.90 Å². The van der Waals surface area contributed by atoms with Crippen molar-refractivity contribution >= 4 is 11.9 Å². The van der Waals surface area contributed by atoms with Gasteiger partial charge in [0, 0.05) is 13.0 Å². The molecule has 0 spiro atoms. The monoisotopic (exact) mass is 255 g/mol. The summed E-state index contributed by atoms with van der Waals surface area (Å²) in [5, 5.41) is 9.01. The van der Waals surface area contributed by atoms with Crippen LogP contribution in [0.15, 0.2) is 0 Å². The molecule has 1 saturated heterocycles. The second kappa shape index (κ2) is 8.11. The predicted octanol–water partition coefficient (Wildman–Crippen LogP) is 2.81. The first-order chi connectivity index (χ1) is 8.66. The van der Waals surface area contributed by atoms with Crippen molar-refractivity contribution in [3.8, 4) is 0 Å². The van der Waals surface area contributed by atoms with Crippen LogP contribution < -0.4 is 0 Å². The number of likely N-dealkylation sites (tertiary alicyclic amines) is 1. The highest BCUT2D eigenvalue weighted by Crippen LogP contribution is 2.20. The molecule has 104 valence electrons. The minimum atomic E-state index is -0.858. The van der Waals surface area contributed by atoms with Crippen LogP contribution in [0.3, 0.4) is 0 Å². The van der Waals surface area contributed by atoms with E-state index in [0.29, 0.717) is 19.4 Å². The van der Waals surface area contributed by atoms with Crippen LogP contribution in [0.25, 0.3) is 0 Å². The van der Waals surface area contributed by atoms with Crippen molar-refractivity contribution < 1.29 is 14.7 Å². The highest BCUT2D eigenvalue weighted by Gasteiger charge is 2.35. The van der Waals surface area contributed by atoms with Crippen molar-refractivity contribution in [1.82, 2.24) is 4.90 Å². The van der Waals surface area contributed by atoms with Gasteiger partial charge in [-0.05, 0) is 12.8 Å². The van der Waals surface area contributed by atoms with Gasteiger partial charge in [0.25, 0.3) is 0 Å². The van der Waals surface area contributed by atoms with Gasteiger partial charge in [-0.15, -0.1) is 0 Å². The first kappa shape index (κ1) is 15.0. The lowest BCUT2D eigenvalue weighted by Gasteiger charge is -2.21. The quantitative estimate of drug-likeness (QED) is 0.644. The summed E-state index contributed by atoms with van der Waals surface area (Å²) in [6.45, 7) is 2.81. The zero-order chi connectivity index (χ0) is 13.4. The molecule has 1 aliphatic heterocycles. The summed E-state index contributed by atoms with van der Waals surface area (Å²) >= 11 is 0. The Hall–Kier alpha value is -1.06. The topological polar surface area (TPSA) is 57.6 Å². The summed E-state index contributed by atoms with van der Waals surface area (Å²) in [6, 6.07) is -0.572. The number of carbonyl (C=O) groups excluding carboxylic acids is 1. The van der Waals surface area contributed by atoms with E-state index in [-0.39, 0.29) is 5.91 Å². The van der Waals surface area contributed by atoms with Crippen molar-refractivity contribution in [1.29, 1.82) is 0 Å². The van der Waals surface area contributed by atoms with Crippen LogP contribution in [0.2, 0.25) is 0 Å². The molecule has 1 heterocycles. The van der Waals surface area contributed by atoms with Crippen LogP contribution in [0.1, 0.15) is 64.7 Å². The Balaban J connectivity index is 2.13. The smallest absolute Gasteiger partial charge is 0.326 e. The molecule has 0 saturated carbocycles. The number of amides is 1. The van der Waals surface area contributed by atoms with Crippen molar-refractivity contribution in [3.05, 3.63) is 0 Å². The van der Waals surface area contributed by atoms with Crippen molar-refractivity contribution in [3.63, 3.8) is 0 Å². The van der Waals surface area contributed by atoms with E-state index >= 15 is 0 Å².